The molecule has 0 spiro atoms. The average Bonchev–Trinajstić information content (AvgIpc) is 3.12. The van der Waals surface area contributed by atoms with Crippen molar-refractivity contribution in [3.63, 3.8) is 0 Å². The summed E-state index contributed by atoms with van der Waals surface area (Å²) in [4.78, 5) is 1.10. The molecule has 3 rings (SSSR count). The zero-order chi connectivity index (χ0) is 14.8. The van der Waals surface area contributed by atoms with Crippen molar-refractivity contribution in [1.29, 1.82) is 0 Å². The molecule has 1 atom stereocenters. The first kappa shape index (κ1) is 14.8. The number of fused-ring (bicyclic) bond motifs is 1. The zero-order valence-corrected chi connectivity index (χ0v) is 14.1. The van der Waals surface area contributed by atoms with Crippen LogP contribution in [-0.4, -0.2) is 13.7 Å². The molecular formula is C15H17BrN2O2S. The molecule has 4 nitrogen and oxygen atoms in total. The largest absolute Gasteiger partial charge is 0.496 e. The van der Waals surface area contributed by atoms with Gasteiger partial charge in [-0.25, -0.2) is 0 Å². The van der Waals surface area contributed by atoms with Crippen LogP contribution in [0.25, 0.3) is 0 Å². The molecule has 2 heterocycles. The minimum atomic E-state index is 0.00236. The lowest BCUT2D eigenvalue weighted by molar-refractivity contribution is 0.351. The maximum Gasteiger partial charge on any atom is 0.134 e. The van der Waals surface area contributed by atoms with Gasteiger partial charge in [0.05, 0.1) is 24.6 Å². The van der Waals surface area contributed by atoms with Crippen molar-refractivity contribution in [2.24, 2.45) is 5.84 Å². The van der Waals surface area contributed by atoms with E-state index in [0.29, 0.717) is 0 Å². The molecule has 0 bridgehead atoms. The topological polar surface area (TPSA) is 56.5 Å². The Morgan fingerprint density at radius 2 is 2.38 bits per heavy atom. The van der Waals surface area contributed by atoms with Crippen LogP contribution in [0, 0.1) is 0 Å². The van der Waals surface area contributed by atoms with Gasteiger partial charge in [0, 0.05) is 10.9 Å². The molecule has 0 saturated heterocycles. The molecule has 112 valence electrons. The highest BCUT2D eigenvalue weighted by molar-refractivity contribution is 9.10. The summed E-state index contributed by atoms with van der Waals surface area (Å²) in [7, 11) is 1.68. The summed E-state index contributed by atoms with van der Waals surface area (Å²) in [5, 5.41) is 2.01. The lowest BCUT2D eigenvalue weighted by atomic mass is 10.0. The molecule has 1 aromatic heterocycles. The summed E-state index contributed by atoms with van der Waals surface area (Å²) in [5.74, 6) is 7.65. The van der Waals surface area contributed by atoms with Crippen LogP contribution in [0.5, 0.6) is 11.5 Å². The first-order valence-electron chi connectivity index (χ1n) is 6.74. The van der Waals surface area contributed by atoms with E-state index in [-0.39, 0.29) is 6.04 Å². The molecule has 0 amide bonds. The third kappa shape index (κ3) is 2.94. The van der Waals surface area contributed by atoms with E-state index in [1.165, 1.54) is 5.56 Å². The van der Waals surface area contributed by atoms with Gasteiger partial charge in [0.25, 0.3) is 0 Å². The fourth-order valence-electron chi connectivity index (χ4n) is 2.68. The van der Waals surface area contributed by atoms with E-state index < -0.39 is 0 Å². The second-order valence-corrected chi connectivity index (χ2v) is 6.79. The molecular weight excluding hydrogens is 352 g/mol. The molecule has 1 unspecified atom stereocenters. The molecule has 1 aliphatic heterocycles. The van der Waals surface area contributed by atoms with Crippen molar-refractivity contribution in [3.8, 4) is 11.5 Å². The maximum absolute atomic E-state index is 5.79. The molecule has 3 N–H and O–H groups in total. The Bertz CT molecular complexity index is 645. The molecule has 21 heavy (non-hydrogen) atoms. The van der Waals surface area contributed by atoms with Crippen molar-refractivity contribution >= 4 is 27.3 Å². The Balaban J connectivity index is 1.92. The van der Waals surface area contributed by atoms with E-state index >= 15 is 0 Å². The van der Waals surface area contributed by atoms with E-state index in [1.807, 2.05) is 11.4 Å². The number of nitrogens with one attached hydrogen (secondary N) is 1. The van der Waals surface area contributed by atoms with Crippen LogP contribution in [0.2, 0.25) is 0 Å². The fourth-order valence-corrected chi connectivity index (χ4v) is 4.15. The monoisotopic (exact) mass is 368 g/mol. The third-order valence-electron chi connectivity index (χ3n) is 3.64. The number of nitrogens with two attached hydrogens (primary N) is 1. The lowest BCUT2D eigenvalue weighted by Crippen LogP contribution is -2.29. The quantitative estimate of drug-likeness (QED) is 0.628. The fraction of sp³-hybridized carbons (Fsp3) is 0.333. The van der Waals surface area contributed by atoms with Crippen molar-refractivity contribution in [3.05, 3.63) is 44.1 Å². The number of hydrazine groups is 1. The first-order chi connectivity index (χ1) is 10.2. The van der Waals surface area contributed by atoms with E-state index in [0.717, 1.165) is 45.9 Å². The first-order valence-corrected chi connectivity index (χ1v) is 8.41. The molecule has 1 aliphatic rings. The summed E-state index contributed by atoms with van der Waals surface area (Å²) in [5.41, 5.74) is 5.32. The van der Waals surface area contributed by atoms with Gasteiger partial charge in [-0.05, 0) is 41.1 Å². The highest BCUT2D eigenvalue weighted by Crippen LogP contribution is 2.38. The number of thiophene rings is 1. The zero-order valence-electron chi connectivity index (χ0n) is 11.7. The standard InChI is InChI=1S/C15H17BrN2O2S/c1-19-13-3-5-21-15(13)12(18-17)8-10-7-11(16)6-9-2-4-20-14(9)10/h3,5-7,12,18H,2,4,8,17H2,1H3. The molecule has 0 radical (unpaired) electrons. The number of ether oxygens (including phenoxy) is 2. The van der Waals surface area contributed by atoms with Crippen LogP contribution in [0.4, 0.5) is 0 Å². The van der Waals surface area contributed by atoms with E-state index in [4.69, 9.17) is 15.3 Å². The van der Waals surface area contributed by atoms with Crippen molar-refractivity contribution in [2.75, 3.05) is 13.7 Å². The van der Waals surface area contributed by atoms with Crippen molar-refractivity contribution < 1.29 is 9.47 Å². The molecule has 0 aliphatic carbocycles. The molecule has 1 aromatic carbocycles. The Morgan fingerprint density at radius 3 is 3.14 bits per heavy atom. The highest BCUT2D eigenvalue weighted by atomic mass is 79.9. The van der Waals surface area contributed by atoms with Crippen LogP contribution in [0.1, 0.15) is 22.0 Å². The Labute approximate surface area is 136 Å². The summed E-state index contributed by atoms with van der Waals surface area (Å²) in [6, 6.07) is 6.20. The minimum Gasteiger partial charge on any atom is -0.496 e. The summed E-state index contributed by atoms with van der Waals surface area (Å²) < 4.78 is 12.3. The SMILES string of the molecule is COc1ccsc1C(Cc1cc(Br)cc2c1OCC2)NN. The molecule has 2 aromatic rings. The van der Waals surface area contributed by atoms with Gasteiger partial charge in [0.2, 0.25) is 0 Å². The maximum atomic E-state index is 5.79. The predicted molar refractivity (Wildman–Crippen MR) is 88.0 cm³/mol. The van der Waals surface area contributed by atoms with Crippen LogP contribution in [0.15, 0.2) is 28.1 Å². The van der Waals surface area contributed by atoms with Gasteiger partial charge in [0.1, 0.15) is 11.5 Å². The molecule has 0 fully saturated rings. The Hall–Kier alpha value is -1.08. The smallest absolute Gasteiger partial charge is 0.134 e. The highest BCUT2D eigenvalue weighted by Gasteiger charge is 2.23. The predicted octanol–water partition coefficient (Wildman–Crippen LogP) is 3.20. The van der Waals surface area contributed by atoms with E-state index in [9.17, 15) is 0 Å². The number of benzene rings is 1. The normalized spacial score (nSPS) is 14.6. The minimum absolute atomic E-state index is 0.00236. The second kappa shape index (κ2) is 6.36. The van der Waals surface area contributed by atoms with Crippen LogP contribution in [-0.2, 0) is 12.8 Å². The van der Waals surface area contributed by atoms with Gasteiger partial charge in [0.15, 0.2) is 0 Å². The number of hydrogen-bond acceptors (Lipinski definition) is 5. The number of halogens is 1. The Kier molecular flexibility index (Phi) is 4.49. The summed E-state index contributed by atoms with van der Waals surface area (Å²) in [6.07, 6.45) is 1.72. The van der Waals surface area contributed by atoms with Gasteiger partial charge in [-0.3, -0.25) is 11.3 Å². The molecule has 0 saturated carbocycles. The number of hydrogen-bond donors (Lipinski definition) is 2. The third-order valence-corrected chi connectivity index (χ3v) is 5.11. The van der Waals surface area contributed by atoms with Gasteiger partial charge in [-0.1, -0.05) is 15.9 Å². The number of rotatable bonds is 5. The number of methoxy groups -OCH3 is 1. The summed E-state index contributed by atoms with van der Waals surface area (Å²) >= 11 is 5.22. The average molecular weight is 369 g/mol. The van der Waals surface area contributed by atoms with Crippen molar-refractivity contribution in [1.82, 2.24) is 5.43 Å². The van der Waals surface area contributed by atoms with Gasteiger partial charge >= 0.3 is 0 Å². The van der Waals surface area contributed by atoms with Crippen LogP contribution >= 0.6 is 27.3 Å². The van der Waals surface area contributed by atoms with Crippen LogP contribution in [0.3, 0.4) is 0 Å². The van der Waals surface area contributed by atoms with Gasteiger partial charge in [-0.2, -0.15) is 0 Å². The van der Waals surface area contributed by atoms with Gasteiger partial charge < -0.3 is 9.47 Å². The lowest BCUT2D eigenvalue weighted by Gasteiger charge is -2.18. The van der Waals surface area contributed by atoms with E-state index in [2.05, 4.69) is 33.5 Å². The van der Waals surface area contributed by atoms with Gasteiger partial charge in [-0.15, -0.1) is 11.3 Å². The Morgan fingerprint density at radius 1 is 1.52 bits per heavy atom. The second-order valence-electron chi connectivity index (χ2n) is 4.93. The molecule has 6 heteroatoms. The van der Waals surface area contributed by atoms with Crippen molar-refractivity contribution in [2.45, 2.75) is 18.9 Å². The summed E-state index contributed by atoms with van der Waals surface area (Å²) in [6.45, 7) is 0.752. The van der Waals surface area contributed by atoms with E-state index in [1.54, 1.807) is 18.4 Å². The van der Waals surface area contributed by atoms with Crippen LogP contribution < -0.4 is 20.7 Å².